The molecule has 170 valence electrons. The van der Waals surface area contributed by atoms with Crippen LogP contribution in [0.2, 0.25) is 10.0 Å². The summed E-state index contributed by atoms with van der Waals surface area (Å²) in [6.45, 7) is 1.53. The van der Waals surface area contributed by atoms with Gasteiger partial charge >= 0.3 is 0 Å². The van der Waals surface area contributed by atoms with Gasteiger partial charge in [-0.3, -0.25) is 19.2 Å². The van der Waals surface area contributed by atoms with Crippen LogP contribution in [-0.4, -0.2) is 39.6 Å². The van der Waals surface area contributed by atoms with Crippen molar-refractivity contribution < 1.29 is 19.2 Å². The Kier molecular flexibility index (Phi) is 5.53. The first-order valence-electron chi connectivity index (χ1n) is 11.0. The van der Waals surface area contributed by atoms with Crippen LogP contribution in [0.1, 0.15) is 46.9 Å². The van der Waals surface area contributed by atoms with Gasteiger partial charge in [-0.25, -0.2) is 5.01 Å². The summed E-state index contributed by atoms with van der Waals surface area (Å²) in [6.07, 6.45) is 2.69. The van der Waals surface area contributed by atoms with Crippen LogP contribution in [0.4, 0.5) is 0 Å². The Morgan fingerprint density at radius 2 is 1.58 bits per heavy atom. The van der Waals surface area contributed by atoms with E-state index in [1.807, 2.05) is 0 Å². The molecule has 3 fully saturated rings. The minimum absolute atomic E-state index is 0.0643. The van der Waals surface area contributed by atoms with Crippen molar-refractivity contribution in [1.29, 1.82) is 0 Å². The van der Waals surface area contributed by atoms with Gasteiger partial charge in [0.05, 0.1) is 22.4 Å². The van der Waals surface area contributed by atoms with Crippen molar-refractivity contribution in [3.8, 4) is 0 Å². The normalized spacial score (nSPS) is 26.5. The van der Waals surface area contributed by atoms with Crippen LogP contribution in [0.3, 0.4) is 0 Å². The highest BCUT2D eigenvalue weighted by molar-refractivity contribution is 6.36. The van der Waals surface area contributed by atoms with Gasteiger partial charge in [0.15, 0.2) is 5.78 Å². The van der Waals surface area contributed by atoms with E-state index in [1.54, 1.807) is 30.3 Å². The molecule has 33 heavy (non-hydrogen) atoms. The number of hydrogen-bond acceptors (Lipinski definition) is 4. The molecule has 5 atom stereocenters. The lowest BCUT2D eigenvalue weighted by atomic mass is 9.81. The van der Waals surface area contributed by atoms with Crippen molar-refractivity contribution in [2.75, 3.05) is 0 Å². The number of benzene rings is 2. The number of hydrazine groups is 1. The summed E-state index contributed by atoms with van der Waals surface area (Å²) in [6, 6.07) is 11.8. The second-order valence-electron chi connectivity index (χ2n) is 9.05. The van der Waals surface area contributed by atoms with E-state index in [0.717, 1.165) is 29.3 Å². The van der Waals surface area contributed by atoms with Crippen molar-refractivity contribution in [2.45, 2.75) is 32.2 Å². The molecule has 0 N–H and O–H groups in total. The van der Waals surface area contributed by atoms with E-state index in [1.165, 1.54) is 25.1 Å². The van der Waals surface area contributed by atoms with Crippen molar-refractivity contribution in [3.63, 3.8) is 0 Å². The summed E-state index contributed by atoms with van der Waals surface area (Å²) >= 11 is 12.3. The Morgan fingerprint density at radius 1 is 0.970 bits per heavy atom. The summed E-state index contributed by atoms with van der Waals surface area (Å²) in [5, 5.41) is 2.36. The molecule has 0 aromatic heterocycles. The number of imide groups is 1. The van der Waals surface area contributed by atoms with Gasteiger partial charge in [0, 0.05) is 10.6 Å². The quantitative estimate of drug-likeness (QED) is 0.457. The van der Waals surface area contributed by atoms with Crippen LogP contribution >= 0.6 is 23.2 Å². The third-order valence-corrected chi connectivity index (χ3v) is 7.84. The van der Waals surface area contributed by atoms with Crippen LogP contribution in [0.25, 0.3) is 0 Å². The van der Waals surface area contributed by atoms with E-state index in [4.69, 9.17) is 23.2 Å². The zero-order valence-electron chi connectivity index (χ0n) is 17.9. The minimum Gasteiger partial charge on any atom is -0.292 e. The Hall–Kier alpha value is -2.70. The molecule has 6 nitrogen and oxygen atoms in total. The molecule has 5 rings (SSSR count). The van der Waals surface area contributed by atoms with Crippen molar-refractivity contribution in [2.24, 2.45) is 23.7 Å². The summed E-state index contributed by atoms with van der Waals surface area (Å²) < 4.78 is 0. The van der Waals surface area contributed by atoms with E-state index in [-0.39, 0.29) is 28.2 Å². The first kappa shape index (κ1) is 22.1. The number of carbonyl (C=O) groups is 4. The van der Waals surface area contributed by atoms with Crippen LogP contribution in [0, 0.1) is 23.7 Å². The monoisotopic (exact) mass is 484 g/mol. The molecule has 1 aliphatic heterocycles. The maximum atomic E-state index is 13.7. The Balaban J connectivity index is 1.57. The van der Waals surface area contributed by atoms with E-state index < -0.39 is 35.6 Å². The van der Waals surface area contributed by atoms with Gasteiger partial charge in [-0.2, -0.15) is 5.01 Å². The number of amides is 3. The molecule has 2 aromatic carbocycles. The number of ketones is 1. The predicted molar refractivity (Wildman–Crippen MR) is 123 cm³/mol. The Labute approximate surface area is 201 Å². The summed E-state index contributed by atoms with van der Waals surface area (Å²) in [5.74, 6) is -2.42. The van der Waals surface area contributed by atoms with Crippen molar-refractivity contribution in [1.82, 2.24) is 10.0 Å². The lowest BCUT2D eigenvalue weighted by Crippen LogP contribution is -2.57. The molecule has 8 heteroatoms. The average Bonchev–Trinajstić information content (AvgIpc) is 3.49. The van der Waals surface area contributed by atoms with Crippen LogP contribution in [0.15, 0.2) is 48.5 Å². The SMILES string of the molecule is C[C@H](C(=O)c1ccccc1)N(C(=O)c1ccc(Cl)cc1Cl)N1C(=O)[C@H]2[C@H]3CC[C@@H](C3)[C@@H]2C1=O. The topological polar surface area (TPSA) is 74.8 Å². The van der Waals surface area contributed by atoms with Gasteiger partial charge in [0.25, 0.3) is 17.7 Å². The number of nitrogens with zero attached hydrogens (tertiary/aromatic N) is 2. The highest BCUT2D eigenvalue weighted by Crippen LogP contribution is 2.56. The summed E-state index contributed by atoms with van der Waals surface area (Å²) in [4.78, 5) is 54.1. The molecule has 0 spiro atoms. The molecule has 2 aliphatic carbocycles. The number of fused-ring (bicyclic) bond motifs is 5. The first-order valence-corrected chi connectivity index (χ1v) is 11.8. The van der Waals surface area contributed by atoms with Gasteiger partial charge in [-0.05, 0) is 56.2 Å². The van der Waals surface area contributed by atoms with Crippen molar-refractivity contribution in [3.05, 3.63) is 69.7 Å². The van der Waals surface area contributed by atoms with E-state index in [9.17, 15) is 19.2 Å². The summed E-state index contributed by atoms with van der Waals surface area (Å²) in [5.41, 5.74) is 0.443. The molecule has 0 unspecified atom stereocenters. The fourth-order valence-electron chi connectivity index (χ4n) is 5.79. The molecule has 3 aliphatic rings. The second-order valence-corrected chi connectivity index (χ2v) is 9.90. The van der Waals surface area contributed by atoms with E-state index in [2.05, 4.69) is 0 Å². The van der Waals surface area contributed by atoms with Crippen LogP contribution < -0.4 is 0 Å². The average molecular weight is 485 g/mol. The third kappa shape index (κ3) is 3.47. The highest BCUT2D eigenvalue weighted by atomic mass is 35.5. The molecule has 2 aromatic rings. The van der Waals surface area contributed by atoms with Gasteiger partial charge in [-0.15, -0.1) is 0 Å². The minimum atomic E-state index is -1.10. The van der Waals surface area contributed by atoms with Gasteiger partial charge < -0.3 is 0 Å². The smallest absolute Gasteiger partial charge is 0.275 e. The molecular formula is C25H22Cl2N2O4. The number of hydrogen-bond donors (Lipinski definition) is 0. The lowest BCUT2D eigenvalue weighted by Gasteiger charge is -2.35. The molecular weight excluding hydrogens is 463 g/mol. The molecule has 2 saturated carbocycles. The zero-order valence-corrected chi connectivity index (χ0v) is 19.4. The molecule has 1 saturated heterocycles. The fraction of sp³-hybridized carbons (Fsp3) is 0.360. The van der Waals surface area contributed by atoms with Gasteiger partial charge in [0.2, 0.25) is 0 Å². The second kappa shape index (κ2) is 8.26. The number of halogens is 2. The Morgan fingerprint density at radius 3 is 2.15 bits per heavy atom. The number of Topliss-reactive ketones (excluding diaryl/α,β-unsaturated/α-hetero) is 1. The first-order chi connectivity index (χ1) is 15.8. The fourth-order valence-corrected chi connectivity index (χ4v) is 6.28. The van der Waals surface area contributed by atoms with Gasteiger partial charge in [0.1, 0.15) is 6.04 Å². The van der Waals surface area contributed by atoms with E-state index >= 15 is 0 Å². The van der Waals surface area contributed by atoms with Crippen LogP contribution in [0.5, 0.6) is 0 Å². The Bertz CT molecular complexity index is 1140. The third-order valence-electron chi connectivity index (χ3n) is 7.29. The van der Waals surface area contributed by atoms with Crippen molar-refractivity contribution >= 4 is 46.7 Å². The summed E-state index contributed by atoms with van der Waals surface area (Å²) in [7, 11) is 0. The molecule has 2 bridgehead atoms. The largest absolute Gasteiger partial charge is 0.292 e. The maximum absolute atomic E-state index is 13.7. The predicted octanol–water partition coefficient (Wildman–Crippen LogP) is 4.65. The zero-order chi connectivity index (χ0) is 23.4. The molecule has 3 amide bonds. The molecule has 0 radical (unpaired) electrons. The lowest BCUT2D eigenvalue weighted by molar-refractivity contribution is -0.157. The highest BCUT2D eigenvalue weighted by Gasteiger charge is 2.63. The number of rotatable bonds is 5. The van der Waals surface area contributed by atoms with Crippen LogP contribution in [-0.2, 0) is 9.59 Å². The number of carbonyl (C=O) groups excluding carboxylic acids is 4. The van der Waals surface area contributed by atoms with Gasteiger partial charge in [-0.1, -0.05) is 53.5 Å². The standard InChI is InChI=1S/C25H22Cl2N2O4/c1-13(22(30)14-5-3-2-4-6-14)28(23(31)18-10-9-17(26)12-19(18)27)29-24(32)20-15-7-8-16(11-15)21(20)25(29)33/h2-6,9-10,12-13,15-16,20-21H,7-8,11H2,1H3/t13-,15+,16+,20+,21+/m1/s1. The molecule has 1 heterocycles. The van der Waals surface area contributed by atoms with E-state index in [0.29, 0.717) is 10.6 Å². The maximum Gasteiger partial charge on any atom is 0.275 e.